The van der Waals surface area contributed by atoms with Crippen LogP contribution in [0.1, 0.15) is 53.4 Å². The van der Waals surface area contributed by atoms with Crippen molar-refractivity contribution >= 4 is 0 Å². The first-order chi connectivity index (χ1) is 14.2. The molecular weight excluding hydrogens is 348 g/mol. The predicted molar refractivity (Wildman–Crippen MR) is 125 cm³/mol. The van der Waals surface area contributed by atoms with Gasteiger partial charge in [0.05, 0.1) is 0 Å². The molecule has 0 nitrogen and oxygen atoms in total. The van der Waals surface area contributed by atoms with Gasteiger partial charge in [0.15, 0.2) is 0 Å². The van der Waals surface area contributed by atoms with E-state index in [9.17, 15) is 0 Å². The number of allylic oxidation sites excluding steroid dienone is 4. The van der Waals surface area contributed by atoms with Crippen molar-refractivity contribution in [3.8, 4) is 0 Å². The van der Waals surface area contributed by atoms with Gasteiger partial charge in [-0.25, -0.2) is 0 Å². The van der Waals surface area contributed by atoms with Crippen molar-refractivity contribution in [1.82, 2.24) is 0 Å². The summed E-state index contributed by atoms with van der Waals surface area (Å²) in [5, 5.41) is 0. The second kappa shape index (κ2) is 8.03. The smallest absolute Gasteiger partial charge is 0.0241 e. The molecule has 0 saturated heterocycles. The van der Waals surface area contributed by atoms with E-state index in [1.54, 1.807) is 0 Å². The zero-order chi connectivity index (χ0) is 20.4. The molecule has 2 aromatic carbocycles. The Hall–Kier alpha value is -2.60. The molecule has 0 amide bonds. The number of hydrogen-bond acceptors (Lipinski definition) is 0. The molecule has 0 heterocycles. The highest BCUT2D eigenvalue weighted by Crippen LogP contribution is 2.64. The lowest BCUT2D eigenvalue weighted by Crippen LogP contribution is -2.39. The van der Waals surface area contributed by atoms with Crippen molar-refractivity contribution in [3.63, 3.8) is 0 Å². The third-order valence-electron chi connectivity index (χ3n) is 7.43. The van der Waals surface area contributed by atoms with E-state index in [4.69, 9.17) is 0 Å². The van der Waals surface area contributed by atoms with Gasteiger partial charge in [-0.3, -0.25) is 0 Å². The molecule has 0 saturated carbocycles. The summed E-state index contributed by atoms with van der Waals surface area (Å²) in [6, 6.07) is 18.1. The summed E-state index contributed by atoms with van der Waals surface area (Å²) in [5.41, 5.74) is 5.83. The van der Waals surface area contributed by atoms with Gasteiger partial charge >= 0.3 is 0 Å². The van der Waals surface area contributed by atoms with Gasteiger partial charge in [-0.05, 0) is 65.7 Å². The van der Waals surface area contributed by atoms with Gasteiger partial charge in [0.25, 0.3) is 0 Å². The van der Waals surface area contributed by atoms with Gasteiger partial charge in [-0.15, -0.1) is 26.3 Å². The highest BCUT2D eigenvalue weighted by Gasteiger charge is 2.56. The van der Waals surface area contributed by atoms with Crippen LogP contribution < -0.4 is 0 Å². The molecule has 2 aromatic rings. The summed E-state index contributed by atoms with van der Waals surface area (Å²) >= 11 is 0. The Morgan fingerprint density at radius 2 is 1.45 bits per heavy atom. The topological polar surface area (TPSA) is 0 Å². The van der Waals surface area contributed by atoms with Gasteiger partial charge in [0.1, 0.15) is 0 Å². The van der Waals surface area contributed by atoms with Crippen molar-refractivity contribution in [2.24, 2.45) is 11.8 Å². The van der Waals surface area contributed by atoms with Crippen LogP contribution in [-0.2, 0) is 11.8 Å². The second-order valence-corrected chi connectivity index (χ2v) is 8.65. The first-order valence-corrected chi connectivity index (χ1v) is 10.9. The fourth-order valence-electron chi connectivity index (χ4n) is 6.52. The summed E-state index contributed by atoms with van der Waals surface area (Å²) in [6.07, 6.45) is 12.7. The van der Waals surface area contributed by atoms with Crippen LogP contribution in [0.2, 0.25) is 0 Å². The van der Waals surface area contributed by atoms with E-state index in [0.717, 1.165) is 25.7 Å². The largest absolute Gasteiger partial charge is 0.103 e. The van der Waals surface area contributed by atoms with Crippen LogP contribution in [0, 0.1) is 11.8 Å². The Kier molecular flexibility index (Phi) is 5.46. The molecule has 0 radical (unpaired) electrons. The molecule has 4 rings (SSSR count). The second-order valence-electron chi connectivity index (χ2n) is 8.65. The molecule has 0 aromatic heterocycles. The molecule has 2 aliphatic rings. The Balaban J connectivity index is 1.98. The van der Waals surface area contributed by atoms with Gasteiger partial charge in [-0.1, -0.05) is 72.8 Å². The van der Waals surface area contributed by atoms with E-state index < -0.39 is 0 Å². The van der Waals surface area contributed by atoms with Gasteiger partial charge in [-0.2, -0.15) is 0 Å². The lowest BCUT2D eigenvalue weighted by molar-refractivity contribution is 0.228. The number of rotatable bonds is 8. The fourth-order valence-corrected chi connectivity index (χ4v) is 6.52. The maximum atomic E-state index is 4.47. The molecule has 29 heavy (non-hydrogen) atoms. The summed E-state index contributed by atoms with van der Waals surface area (Å²) in [4.78, 5) is 0. The molecule has 0 fully saturated rings. The normalized spacial score (nSPS) is 29.7. The van der Waals surface area contributed by atoms with Crippen LogP contribution in [0.3, 0.4) is 0 Å². The van der Waals surface area contributed by atoms with E-state index >= 15 is 0 Å². The van der Waals surface area contributed by atoms with E-state index in [1.165, 1.54) is 22.3 Å². The van der Waals surface area contributed by atoms with Crippen molar-refractivity contribution in [1.29, 1.82) is 0 Å². The van der Waals surface area contributed by atoms with Crippen molar-refractivity contribution in [2.45, 2.75) is 42.9 Å². The molecule has 0 spiro atoms. The lowest BCUT2D eigenvalue weighted by atomic mass is 9.59. The minimum atomic E-state index is -0.0985. The predicted octanol–water partition coefficient (Wildman–Crippen LogP) is 7.51. The monoisotopic (exact) mass is 380 g/mol. The molecular formula is C29H32. The Labute approximate surface area is 176 Å². The molecule has 5 atom stereocenters. The van der Waals surface area contributed by atoms with Crippen LogP contribution in [0.15, 0.2) is 99.2 Å². The van der Waals surface area contributed by atoms with Gasteiger partial charge in [0.2, 0.25) is 0 Å². The molecule has 0 aliphatic heterocycles. The third kappa shape index (κ3) is 2.89. The first kappa shape index (κ1) is 19.7. The minimum Gasteiger partial charge on any atom is -0.103 e. The number of fused-ring (bicyclic) bond motifs is 2. The first-order valence-electron chi connectivity index (χ1n) is 10.9. The van der Waals surface area contributed by atoms with Gasteiger partial charge in [0, 0.05) is 11.3 Å². The van der Waals surface area contributed by atoms with E-state index in [2.05, 4.69) is 99.2 Å². The summed E-state index contributed by atoms with van der Waals surface area (Å²) in [7, 11) is 0. The quantitative estimate of drug-likeness (QED) is 0.416. The van der Waals surface area contributed by atoms with Crippen molar-refractivity contribution in [3.05, 3.63) is 121 Å². The SMILES string of the molecule is C=CCC1Cc2ccccc2C1C1(C=C)c2ccccc2C(CC=C)C1CC=C. The van der Waals surface area contributed by atoms with Gasteiger partial charge < -0.3 is 0 Å². The van der Waals surface area contributed by atoms with Crippen LogP contribution >= 0.6 is 0 Å². The Bertz CT molecular complexity index is 933. The van der Waals surface area contributed by atoms with Crippen LogP contribution in [0.5, 0.6) is 0 Å². The zero-order valence-corrected chi connectivity index (χ0v) is 17.4. The van der Waals surface area contributed by atoms with E-state index in [1.807, 2.05) is 0 Å². The number of benzene rings is 2. The lowest BCUT2D eigenvalue weighted by Gasteiger charge is -2.44. The van der Waals surface area contributed by atoms with E-state index in [0.29, 0.717) is 23.7 Å². The summed E-state index contributed by atoms with van der Waals surface area (Å²) in [5.74, 6) is 1.86. The zero-order valence-electron chi connectivity index (χ0n) is 17.4. The summed E-state index contributed by atoms with van der Waals surface area (Å²) < 4.78 is 0. The summed E-state index contributed by atoms with van der Waals surface area (Å²) in [6.45, 7) is 16.8. The maximum Gasteiger partial charge on any atom is 0.0241 e. The maximum absolute atomic E-state index is 4.47. The highest BCUT2D eigenvalue weighted by atomic mass is 14.6. The average molecular weight is 381 g/mol. The molecule has 0 bridgehead atoms. The average Bonchev–Trinajstić information content (AvgIpc) is 3.23. The van der Waals surface area contributed by atoms with E-state index in [-0.39, 0.29) is 5.41 Å². The minimum absolute atomic E-state index is 0.0985. The Morgan fingerprint density at radius 3 is 2.14 bits per heavy atom. The molecule has 0 N–H and O–H groups in total. The molecule has 148 valence electrons. The fraction of sp³-hybridized carbons (Fsp3) is 0.310. The standard InChI is InChI=1S/C29H32/c1-5-13-22-20-21-16-9-10-17-23(21)28(22)29(8-4)26(15-7-3)24(14-6-2)25-18-11-12-19-27(25)29/h5-12,16-19,22,24,26,28H,1-4,13-15,20H2. The van der Waals surface area contributed by atoms with Crippen molar-refractivity contribution in [2.75, 3.05) is 0 Å². The molecule has 5 unspecified atom stereocenters. The third-order valence-corrected chi connectivity index (χ3v) is 7.43. The van der Waals surface area contributed by atoms with Crippen LogP contribution in [0.25, 0.3) is 0 Å². The van der Waals surface area contributed by atoms with Crippen molar-refractivity contribution < 1.29 is 0 Å². The number of hydrogen-bond donors (Lipinski definition) is 0. The van der Waals surface area contributed by atoms with Crippen LogP contribution in [-0.4, -0.2) is 0 Å². The highest BCUT2D eigenvalue weighted by molar-refractivity contribution is 5.54. The Morgan fingerprint density at radius 1 is 0.793 bits per heavy atom. The molecule has 2 aliphatic carbocycles. The van der Waals surface area contributed by atoms with Crippen LogP contribution in [0.4, 0.5) is 0 Å². The molecule has 0 heteroatoms.